The number of carbonyl (C=O) groups is 1. The monoisotopic (exact) mass is 256 g/mol. The van der Waals surface area contributed by atoms with Crippen LogP contribution in [-0.4, -0.2) is 48.9 Å². The van der Waals surface area contributed by atoms with Gasteiger partial charge in [0, 0.05) is 25.6 Å². The lowest BCUT2D eigenvalue weighted by Gasteiger charge is -2.36. The van der Waals surface area contributed by atoms with Crippen molar-refractivity contribution in [2.75, 3.05) is 26.2 Å². The Morgan fingerprint density at radius 3 is 2.83 bits per heavy atom. The van der Waals surface area contributed by atoms with E-state index in [1.807, 2.05) is 20.8 Å². The van der Waals surface area contributed by atoms with E-state index in [4.69, 9.17) is 15.2 Å². The smallest absolute Gasteiger partial charge is 0.410 e. The summed E-state index contributed by atoms with van der Waals surface area (Å²) < 4.78 is 11.1. The maximum absolute atomic E-state index is 12.0. The summed E-state index contributed by atoms with van der Waals surface area (Å²) in [6.45, 7) is 8.45. The van der Waals surface area contributed by atoms with E-state index in [2.05, 4.69) is 0 Å². The quantitative estimate of drug-likeness (QED) is 0.766. The maximum atomic E-state index is 12.0. The number of nitrogens with zero attached hydrogens (tertiary/aromatic N) is 1. The highest BCUT2D eigenvalue weighted by atomic mass is 16.6. The molecule has 5 heteroatoms. The van der Waals surface area contributed by atoms with Crippen LogP contribution in [0.1, 0.15) is 27.2 Å². The molecule has 2 aliphatic heterocycles. The SMILES string of the molecule is CC(C)(C)OC(=O)N1CCC2COC(CN)C2C1. The summed E-state index contributed by atoms with van der Waals surface area (Å²) in [5.74, 6) is 0.925. The Kier molecular flexibility index (Phi) is 3.82. The Morgan fingerprint density at radius 2 is 2.22 bits per heavy atom. The zero-order chi connectivity index (χ0) is 13.3. The van der Waals surface area contributed by atoms with E-state index in [0.717, 1.165) is 19.6 Å². The van der Waals surface area contributed by atoms with Gasteiger partial charge in [-0.15, -0.1) is 0 Å². The summed E-state index contributed by atoms with van der Waals surface area (Å²) in [4.78, 5) is 13.8. The molecule has 0 aromatic carbocycles. The largest absolute Gasteiger partial charge is 0.444 e. The van der Waals surface area contributed by atoms with Crippen LogP contribution in [0.2, 0.25) is 0 Å². The molecule has 2 saturated heterocycles. The normalized spacial score (nSPS) is 32.2. The van der Waals surface area contributed by atoms with Crippen LogP contribution in [0, 0.1) is 11.8 Å². The van der Waals surface area contributed by atoms with E-state index < -0.39 is 5.60 Å². The van der Waals surface area contributed by atoms with Crippen LogP contribution in [0.4, 0.5) is 4.79 Å². The lowest BCUT2D eigenvalue weighted by molar-refractivity contribution is 0.0104. The fourth-order valence-electron chi connectivity index (χ4n) is 2.76. The van der Waals surface area contributed by atoms with E-state index in [-0.39, 0.29) is 12.2 Å². The number of likely N-dealkylation sites (tertiary alicyclic amines) is 1. The van der Waals surface area contributed by atoms with Gasteiger partial charge in [0.25, 0.3) is 0 Å². The van der Waals surface area contributed by atoms with Crippen LogP contribution in [0.5, 0.6) is 0 Å². The molecule has 2 aliphatic rings. The summed E-state index contributed by atoms with van der Waals surface area (Å²) in [5, 5.41) is 0. The second-order valence-corrected chi connectivity index (χ2v) is 6.25. The Hall–Kier alpha value is -0.810. The average molecular weight is 256 g/mol. The number of ether oxygens (including phenoxy) is 2. The minimum absolute atomic E-state index is 0.0974. The topological polar surface area (TPSA) is 64.8 Å². The fraction of sp³-hybridized carbons (Fsp3) is 0.923. The zero-order valence-corrected chi connectivity index (χ0v) is 11.5. The lowest BCUT2D eigenvalue weighted by Crippen LogP contribution is -2.48. The van der Waals surface area contributed by atoms with Crippen LogP contribution >= 0.6 is 0 Å². The van der Waals surface area contributed by atoms with Crippen molar-refractivity contribution in [3.8, 4) is 0 Å². The fourth-order valence-corrected chi connectivity index (χ4v) is 2.76. The van der Waals surface area contributed by atoms with Crippen molar-refractivity contribution in [3.05, 3.63) is 0 Å². The number of fused-ring (bicyclic) bond motifs is 1. The van der Waals surface area contributed by atoms with Crippen molar-refractivity contribution in [1.29, 1.82) is 0 Å². The first kappa shape index (κ1) is 13.6. The lowest BCUT2D eigenvalue weighted by atomic mass is 9.85. The Labute approximate surface area is 109 Å². The van der Waals surface area contributed by atoms with Crippen molar-refractivity contribution in [3.63, 3.8) is 0 Å². The molecule has 0 aromatic rings. The molecule has 0 radical (unpaired) electrons. The molecule has 0 aliphatic carbocycles. The van der Waals surface area contributed by atoms with Crippen molar-refractivity contribution in [2.24, 2.45) is 17.6 Å². The number of nitrogens with two attached hydrogens (primary N) is 1. The summed E-state index contributed by atoms with van der Waals surface area (Å²) in [6, 6.07) is 0. The summed E-state index contributed by atoms with van der Waals surface area (Å²) in [6.07, 6.45) is 0.865. The predicted octanol–water partition coefficient (Wildman–Crippen LogP) is 1.22. The molecule has 2 N–H and O–H groups in total. The first-order valence-electron chi connectivity index (χ1n) is 6.70. The number of hydrogen-bond acceptors (Lipinski definition) is 4. The highest BCUT2D eigenvalue weighted by Gasteiger charge is 2.42. The molecule has 18 heavy (non-hydrogen) atoms. The highest BCUT2D eigenvalue weighted by Crippen LogP contribution is 2.34. The molecule has 1 amide bonds. The van der Waals surface area contributed by atoms with Gasteiger partial charge in [-0.3, -0.25) is 0 Å². The number of hydrogen-bond donors (Lipinski definition) is 1. The van der Waals surface area contributed by atoms with Crippen LogP contribution in [-0.2, 0) is 9.47 Å². The Morgan fingerprint density at radius 1 is 1.50 bits per heavy atom. The van der Waals surface area contributed by atoms with Gasteiger partial charge in [0.2, 0.25) is 0 Å². The third-order valence-electron chi connectivity index (χ3n) is 3.69. The van der Waals surface area contributed by atoms with Gasteiger partial charge in [0.1, 0.15) is 5.60 Å². The van der Waals surface area contributed by atoms with Gasteiger partial charge in [-0.2, -0.15) is 0 Å². The summed E-state index contributed by atoms with van der Waals surface area (Å²) >= 11 is 0. The highest BCUT2D eigenvalue weighted by molar-refractivity contribution is 5.68. The molecule has 5 nitrogen and oxygen atoms in total. The van der Waals surface area contributed by atoms with Gasteiger partial charge in [-0.25, -0.2) is 4.79 Å². The molecular formula is C13H24N2O3. The van der Waals surface area contributed by atoms with Gasteiger partial charge in [0.05, 0.1) is 12.7 Å². The van der Waals surface area contributed by atoms with Crippen LogP contribution in [0.3, 0.4) is 0 Å². The number of piperidine rings is 1. The molecule has 2 fully saturated rings. The first-order chi connectivity index (χ1) is 8.40. The van der Waals surface area contributed by atoms with Crippen molar-refractivity contribution < 1.29 is 14.3 Å². The van der Waals surface area contributed by atoms with Gasteiger partial charge in [-0.1, -0.05) is 0 Å². The molecule has 104 valence electrons. The molecule has 3 unspecified atom stereocenters. The summed E-state index contributed by atoms with van der Waals surface area (Å²) in [7, 11) is 0. The molecule has 0 aromatic heterocycles. The molecular weight excluding hydrogens is 232 g/mol. The van der Waals surface area contributed by atoms with E-state index in [1.165, 1.54) is 0 Å². The number of carbonyl (C=O) groups excluding carboxylic acids is 1. The molecule has 2 heterocycles. The van der Waals surface area contributed by atoms with E-state index >= 15 is 0 Å². The van der Waals surface area contributed by atoms with E-state index in [1.54, 1.807) is 4.90 Å². The Balaban J connectivity index is 1.94. The second kappa shape index (κ2) is 5.05. The van der Waals surface area contributed by atoms with E-state index in [0.29, 0.717) is 24.9 Å². The van der Waals surface area contributed by atoms with Gasteiger partial charge < -0.3 is 20.1 Å². The van der Waals surface area contributed by atoms with Gasteiger partial charge >= 0.3 is 6.09 Å². The number of amides is 1. The minimum atomic E-state index is -0.437. The van der Waals surface area contributed by atoms with Crippen molar-refractivity contribution in [2.45, 2.75) is 38.9 Å². The molecule has 0 saturated carbocycles. The molecule has 3 atom stereocenters. The molecule has 0 bridgehead atoms. The number of rotatable bonds is 1. The van der Waals surface area contributed by atoms with Crippen LogP contribution in [0.25, 0.3) is 0 Å². The van der Waals surface area contributed by atoms with Crippen LogP contribution < -0.4 is 5.73 Å². The Bertz CT molecular complexity index is 308. The van der Waals surface area contributed by atoms with Crippen molar-refractivity contribution >= 4 is 6.09 Å². The molecule has 2 rings (SSSR count). The standard InChI is InChI=1S/C13H24N2O3/c1-13(2,3)18-12(16)15-5-4-9-8-17-11(6-14)10(9)7-15/h9-11H,4-8,14H2,1-3H3. The van der Waals surface area contributed by atoms with Gasteiger partial charge in [0.15, 0.2) is 0 Å². The second-order valence-electron chi connectivity index (χ2n) is 6.25. The predicted molar refractivity (Wildman–Crippen MR) is 68.2 cm³/mol. The summed E-state index contributed by atoms with van der Waals surface area (Å²) in [5.41, 5.74) is 5.27. The van der Waals surface area contributed by atoms with Crippen LogP contribution in [0.15, 0.2) is 0 Å². The first-order valence-corrected chi connectivity index (χ1v) is 6.70. The van der Waals surface area contributed by atoms with Gasteiger partial charge in [-0.05, 0) is 33.1 Å². The van der Waals surface area contributed by atoms with E-state index in [9.17, 15) is 4.79 Å². The third kappa shape index (κ3) is 2.95. The average Bonchev–Trinajstić information content (AvgIpc) is 2.68. The maximum Gasteiger partial charge on any atom is 0.410 e. The molecule has 0 spiro atoms. The van der Waals surface area contributed by atoms with Crippen molar-refractivity contribution in [1.82, 2.24) is 4.90 Å². The third-order valence-corrected chi connectivity index (χ3v) is 3.69. The zero-order valence-electron chi connectivity index (χ0n) is 11.5. The minimum Gasteiger partial charge on any atom is -0.444 e.